The van der Waals surface area contributed by atoms with Gasteiger partial charge >= 0.3 is 0 Å². The van der Waals surface area contributed by atoms with Crippen molar-refractivity contribution in [1.82, 2.24) is 19.4 Å². The van der Waals surface area contributed by atoms with Crippen LogP contribution in [0.3, 0.4) is 0 Å². The highest BCUT2D eigenvalue weighted by molar-refractivity contribution is 5.33. The second-order valence-corrected chi connectivity index (χ2v) is 6.45. The number of carboxylic acid groups (broad SMARTS) is 2. The molecule has 1 aromatic heterocycles. The third-order valence-electron chi connectivity index (χ3n) is 4.45. The Morgan fingerprint density at radius 2 is 1.96 bits per heavy atom. The molecule has 0 spiro atoms. The lowest BCUT2D eigenvalue weighted by molar-refractivity contribution is -0.123. The minimum atomic E-state index is -0.250. The lowest BCUT2D eigenvalue weighted by Crippen LogP contribution is -2.42. The Bertz CT molecular complexity index is 535. The zero-order valence-electron chi connectivity index (χ0n) is 15.9. The van der Waals surface area contributed by atoms with Gasteiger partial charge in [-0.2, -0.15) is 0 Å². The van der Waals surface area contributed by atoms with Crippen molar-refractivity contribution in [3.8, 4) is 0 Å². The van der Waals surface area contributed by atoms with Gasteiger partial charge in [-0.05, 0) is 7.05 Å². The molecular formula is C17H30N4O6. The van der Waals surface area contributed by atoms with Gasteiger partial charge in [-0.25, -0.2) is 4.98 Å². The fourth-order valence-corrected chi connectivity index (χ4v) is 3.42. The van der Waals surface area contributed by atoms with Crippen LogP contribution in [-0.2, 0) is 32.2 Å². The maximum Gasteiger partial charge on any atom is 0.290 e. The Hall–Kier alpha value is -2.01. The summed E-state index contributed by atoms with van der Waals surface area (Å²) in [6.45, 7) is 7.02. The average Bonchev–Trinajstić information content (AvgIpc) is 2.89. The molecule has 2 aliphatic rings. The van der Waals surface area contributed by atoms with Gasteiger partial charge in [-0.15, -0.1) is 0 Å². The molecule has 10 heteroatoms. The van der Waals surface area contributed by atoms with Gasteiger partial charge in [0.1, 0.15) is 5.82 Å². The fraction of sp³-hybridized carbons (Fsp3) is 0.706. The molecule has 0 amide bonds. The molecule has 3 rings (SSSR count). The maximum absolute atomic E-state index is 8.36. The lowest BCUT2D eigenvalue weighted by atomic mass is 10.1. The molecule has 2 aliphatic heterocycles. The van der Waals surface area contributed by atoms with Gasteiger partial charge in [0.15, 0.2) is 0 Å². The summed E-state index contributed by atoms with van der Waals surface area (Å²) < 4.78 is 13.2. The Kier molecular flexibility index (Phi) is 11.3. The Balaban J connectivity index is 0.000000540. The molecule has 0 aromatic carbocycles. The summed E-state index contributed by atoms with van der Waals surface area (Å²) in [5, 5.41) is 13.8. The van der Waals surface area contributed by atoms with Crippen LogP contribution in [-0.4, -0.2) is 102 Å². The number of nitrogens with zero attached hydrogens (tertiary/aromatic N) is 4. The van der Waals surface area contributed by atoms with Crippen LogP contribution in [0, 0.1) is 5.92 Å². The van der Waals surface area contributed by atoms with Crippen LogP contribution in [0.2, 0.25) is 0 Å². The van der Waals surface area contributed by atoms with Gasteiger partial charge in [-0.3, -0.25) is 14.5 Å². The molecule has 3 heterocycles. The number of likely N-dealkylation sites (N-methyl/N-ethyl adjacent to an activating group) is 1. The molecule has 27 heavy (non-hydrogen) atoms. The SMILES string of the molecule is COCCn1ccnc1CN1C[C@H]2COC[C@@H]1CN(C)C2.O=CO.O=CO. The third kappa shape index (κ3) is 8.04. The summed E-state index contributed by atoms with van der Waals surface area (Å²) >= 11 is 0. The van der Waals surface area contributed by atoms with Gasteiger partial charge in [0.25, 0.3) is 12.9 Å². The summed E-state index contributed by atoms with van der Waals surface area (Å²) in [6, 6.07) is 0.468. The molecule has 10 nitrogen and oxygen atoms in total. The number of methoxy groups -OCH3 is 1. The lowest BCUT2D eigenvalue weighted by Gasteiger charge is -2.29. The number of carbonyl (C=O) groups is 2. The standard InChI is InChI=1S/C15H26N4O2.2CH2O2/c1-17-7-13-8-19(14(9-17)12-21-11-13)10-15-16-3-4-18(15)5-6-20-2;2*2-1-3/h3-4,13-14H,5-12H2,1-2H3;2*1H,(H,2,3)/t13-,14-;;/m0../s1. The van der Waals surface area contributed by atoms with E-state index >= 15 is 0 Å². The van der Waals surface area contributed by atoms with Crippen LogP contribution in [0.5, 0.6) is 0 Å². The fourth-order valence-electron chi connectivity index (χ4n) is 3.42. The first kappa shape index (κ1) is 23.0. The van der Waals surface area contributed by atoms with Crippen LogP contribution in [0.15, 0.2) is 12.4 Å². The van der Waals surface area contributed by atoms with E-state index in [0.29, 0.717) is 12.0 Å². The van der Waals surface area contributed by atoms with E-state index in [1.54, 1.807) is 7.11 Å². The molecule has 0 unspecified atom stereocenters. The number of rotatable bonds is 5. The topological polar surface area (TPSA) is 117 Å². The summed E-state index contributed by atoms with van der Waals surface area (Å²) in [4.78, 5) is 26.2. The second kappa shape index (κ2) is 13.2. The number of fused-ring (bicyclic) bond motifs is 3. The number of ether oxygens (including phenoxy) is 2. The van der Waals surface area contributed by atoms with Crippen molar-refractivity contribution in [3.63, 3.8) is 0 Å². The minimum Gasteiger partial charge on any atom is -0.483 e. The third-order valence-corrected chi connectivity index (χ3v) is 4.45. The predicted octanol–water partition coefficient (Wildman–Crippen LogP) is -0.306. The largest absolute Gasteiger partial charge is 0.483 e. The average molecular weight is 386 g/mol. The highest BCUT2D eigenvalue weighted by atomic mass is 16.5. The number of hydrogen-bond donors (Lipinski definition) is 2. The Labute approximate surface area is 159 Å². The molecule has 2 atom stereocenters. The first-order chi connectivity index (χ1) is 13.1. The van der Waals surface area contributed by atoms with Crippen LogP contribution in [0.1, 0.15) is 5.82 Å². The van der Waals surface area contributed by atoms with E-state index in [0.717, 1.165) is 58.4 Å². The van der Waals surface area contributed by atoms with E-state index in [4.69, 9.17) is 29.3 Å². The van der Waals surface area contributed by atoms with E-state index in [1.807, 2.05) is 12.4 Å². The first-order valence-corrected chi connectivity index (χ1v) is 8.74. The number of aromatic nitrogens is 2. The Morgan fingerprint density at radius 3 is 2.63 bits per heavy atom. The van der Waals surface area contributed by atoms with Crippen molar-refractivity contribution in [2.45, 2.75) is 19.1 Å². The second-order valence-electron chi connectivity index (χ2n) is 6.45. The Morgan fingerprint density at radius 1 is 1.26 bits per heavy atom. The molecule has 2 N–H and O–H groups in total. The van der Waals surface area contributed by atoms with E-state index in [2.05, 4.69) is 26.4 Å². The monoisotopic (exact) mass is 386 g/mol. The van der Waals surface area contributed by atoms with E-state index in [9.17, 15) is 0 Å². The van der Waals surface area contributed by atoms with Crippen molar-refractivity contribution in [1.29, 1.82) is 0 Å². The summed E-state index contributed by atoms with van der Waals surface area (Å²) in [5.41, 5.74) is 0. The molecule has 2 saturated heterocycles. The molecule has 0 aliphatic carbocycles. The van der Waals surface area contributed by atoms with E-state index in [1.165, 1.54) is 0 Å². The maximum atomic E-state index is 8.36. The summed E-state index contributed by atoms with van der Waals surface area (Å²) in [7, 11) is 3.95. The van der Waals surface area contributed by atoms with Gasteiger partial charge in [0.05, 0.1) is 26.4 Å². The predicted molar refractivity (Wildman–Crippen MR) is 97.5 cm³/mol. The number of imidazole rings is 1. The van der Waals surface area contributed by atoms with Crippen LogP contribution in [0.4, 0.5) is 0 Å². The molecule has 2 bridgehead atoms. The van der Waals surface area contributed by atoms with Crippen molar-refractivity contribution in [2.24, 2.45) is 5.92 Å². The van der Waals surface area contributed by atoms with Gasteiger partial charge in [0, 0.05) is 57.6 Å². The van der Waals surface area contributed by atoms with E-state index < -0.39 is 0 Å². The van der Waals surface area contributed by atoms with Crippen LogP contribution < -0.4 is 0 Å². The quantitative estimate of drug-likeness (QED) is 0.657. The zero-order chi connectivity index (χ0) is 20.1. The van der Waals surface area contributed by atoms with Crippen molar-refractivity contribution in [2.75, 3.05) is 53.6 Å². The normalized spacial score (nSPS) is 22.4. The van der Waals surface area contributed by atoms with Gasteiger partial charge in [-0.1, -0.05) is 0 Å². The number of hydrogen-bond acceptors (Lipinski definition) is 7. The minimum absolute atomic E-state index is 0.250. The van der Waals surface area contributed by atoms with Crippen LogP contribution >= 0.6 is 0 Å². The smallest absolute Gasteiger partial charge is 0.290 e. The molecule has 1 aromatic rings. The molecular weight excluding hydrogens is 356 g/mol. The van der Waals surface area contributed by atoms with Gasteiger partial charge in [0.2, 0.25) is 0 Å². The molecule has 154 valence electrons. The summed E-state index contributed by atoms with van der Waals surface area (Å²) in [5.74, 6) is 1.73. The zero-order valence-corrected chi connectivity index (χ0v) is 15.9. The van der Waals surface area contributed by atoms with Crippen molar-refractivity contribution >= 4 is 12.9 Å². The first-order valence-electron chi connectivity index (χ1n) is 8.74. The van der Waals surface area contributed by atoms with Crippen molar-refractivity contribution in [3.05, 3.63) is 18.2 Å². The highest BCUT2D eigenvalue weighted by Crippen LogP contribution is 2.20. The molecule has 2 fully saturated rings. The highest BCUT2D eigenvalue weighted by Gasteiger charge is 2.32. The van der Waals surface area contributed by atoms with Gasteiger partial charge < -0.3 is 29.2 Å². The summed E-state index contributed by atoms with van der Waals surface area (Å²) in [6.07, 6.45) is 3.93. The van der Waals surface area contributed by atoms with Crippen molar-refractivity contribution < 1.29 is 29.3 Å². The molecule has 0 radical (unpaired) electrons. The van der Waals surface area contributed by atoms with E-state index in [-0.39, 0.29) is 12.9 Å². The van der Waals surface area contributed by atoms with Crippen LogP contribution in [0.25, 0.3) is 0 Å². The molecule has 0 saturated carbocycles.